The van der Waals surface area contributed by atoms with Crippen LogP contribution in [0.25, 0.3) is 0 Å². The van der Waals surface area contributed by atoms with Gasteiger partial charge in [0.25, 0.3) is 0 Å². The molecule has 138 valence electrons. The van der Waals surface area contributed by atoms with Crippen molar-refractivity contribution in [3.63, 3.8) is 0 Å². The summed E-state index contributed by atoms with van der Waals surface area (Å²) in [6, 6.07) is 11.2. The van der Waals surface area contributed by atoms with Crippen molar-refractivity contribution in [2.45, 2.75) is 65.0 Å². The lowest BCUT2D eigenvalue weighted by Gasteiger charge is -2.24. The molecule has 1 aliphatic carbocycles. The molecule has 0 radical (unpaired) electrons. The van der Waals surface area contributed by atoms with Gasteiger partial charge in [0.1, 0.15) is 0 Å². The lowest BCUT2D eigenvalue weighted by atomic mass is 9.94. The second-order valence-corrected chi connectivity index (χ2v) is 8.07. The van der Waals surface area contributed by atoms with E-state index in [1.807, 2.05) is 0 Å². The van der Waals surface area contributed by atoms with Gasteiger partial charge in [-0.1, -0.05) is 57.0 Å². The predicted octanol–water partition coefficient (Wildman–Crippen LogP) is 4.23. The van der Waals surface area contributed by atoms with E-state index >= 15 is 0 Å². The van der Waals surface area contributed by atoms with Gasteiger partial charge in [-0.25, -0.2) is 0 Å². The molecule has 25 heavy (non-hydrogen) atoms. The molecule has 3 nitrogen and oxygen atoms in total. The van der Waals surface area contributed by atoms with Crippen LogP contribution in [0.2, 0.25) is 0 Å². The summed E-state index contributed by atoms with van der Waals surface area (Å²) in [6.07, 6.45) is 6.69. The van der Waals surface area contributed by atoms with Crippen molar-refractivity contribution in [3.05, 3.63) is 35.9 Å². The van der Waals surface area contributed by atoms with Gasteiger partial charge in [-0.3, -0.25) is 9.69 Å². The third-order valence-electron chi connectivity index (χ3n) is 6.15. The number of likely N-dealkylation sites (tertiary alicyclic amines) is 1. The van der Waals surface area contributed by atoms with Crippen LogP contribution < -0.4 is 5.32 Å². The maximum Gasteiger partial charge on any atom is 0.223 e. The van der Waals surface area contributed by atoms with E-state index in [4.69, 9.17) is 0 Å². The molecule has 0 aromatic heterocycles. The number of hydrogen-bond donors (Lipinski definition) is 1. The highest BCUT2D eigenvalue weighted by Gasteiger charge is 2.43. The molecule has 3 atom stereocenters. The summed E-state index contributed by atoms with van der Waals surface area (Å²) in [5.74, 6) is 1.95. The van der Waals surface area contributed by atoms with Crippen LogP contribution in [-0.4, -0.2) is 29.9 Å². The number of nitrogens with zero attached hydrogens (tertiary/aromatic N) is 1. The number of carbonyl (C=O) groups excluding carboxylic acids is 1. The lowest BCUT2D eigenvalue weighted by Crippen LogP contribution is -2.42. The molecule has 1 aromatic rings. The van der Waals surface area contributed by atoms with Gasteiger partial charge in [-0.15, -0.1) is 0 Å². The molecule has 3 heteroatoms. The highest BCUT2D eigenvalue weighted by atomic mass is 16.1. The topological polar surface area (TPSA) is 32.3 Å². The molecule has 1 heterocycles. The second kappa shape index (κ2) is 8.84. The monoisotopic (exact) mass is 342 g/mol. The SMILES string of the molecule is CCCC(CCC)C(=O)N[C@@H]1CC[C@H]2CN(Cc3ccccc3)C[C@H]21. The molecule has 1 amide bonds. The molecule has 3 rings (SSSR count). The van der Waals surface area contributed by atoms with E-state index in [2.05, 4.69) is 54.4 Å². The first-order valence-electron chi connectivity index (χ1n) is 10.3. The molecule has 1 aliphatic heterocycles. The molecule has 0 spiro atoms. The quantitative estimate of drug-likeness (QED) is 0.767. The summed E-state index contributed by atoms with van der Waals surface area (Å²) in [6.45, 7) is 7.73. The van der Waals surface area contributed by atoms with Crippen molar-refractivity contribution in [1.29, 1.82) is 0 Å². The van der Waals surface area contributed by atoms with Gasteiger partial charge in [0.05, 0.1) is 0 Å². The van der Waals surface area contributed by atoms with Gasteiger partial charge in [0, 0.05) is 31.6 Å². The Bertz CT molecular complexity index is 538. The maximum absolute atomic E-state index is 12.7. The van der Waals surface area contributed by atoms with Gasteiger partial charge in [-0.2, -0.15) is 0 Å². The standard InChI is InChI=1S/C22H34N2O/c1-3-8-18(9-4-2)22(25)23-21-13-12-19-15-24(16-20(19)21)14-17-10-6-5-7-11-17/h5-7,10-11,18-21H,3-4,8-9,12-16H2,1-2H3,(H,23,25)/t19-,20+,21+/m0/s1. The van der Waals surface area contributed by atoms with E-state index in [1.54, 1.807) is 0 Å². The Kier molecular flexibility index (Phi) is 6.52. The van der Waals surface area contributed by atoms with Crippen molar-refractivity contribution in [2.24, 2.45) is 17.8 Å². The van der Waals surface area contributed by atoms with Crippen molar-refractivity contribution in [1.82, 2.24) is 10.2 Å². The minimum absolute atomic E-state index is 0.218. The highest BCUT2D eigenvalue weighted by Crippen LogP contribution is 2.39. The van der Waals surface area contributed by atoms with E-state index in [0.717, 1.165) is 44.7 Å². The van der Waals surface area contributed by atoms with Crippen LogP contribution >= 0.6 is 0 Å². The van der Waals surface area contributed by atoms with Crippen molar-refractivity contribution >= 4 is 5.91 Å². The number of nitrogens with one attached hydrogen (secondary N) is 1. The molecule has 1 saturated heterocycles. The van der Waals surface area contributed by atoms with Crippen LogP contribution in [0, 0.1) is 17.8 Å². The van der Waals surface area contributed by atoms with Crippen LogP contribution in [0.1, 0.15) is 57.9 Å². The molecule has 2 aliphatic rings. The fraction of sp³-hybridized carbons (Fsp3) is 0.682. The number of carbonyl (C=O) groups is 1. The van der Waals surface area contributed by atoms with E-state index in [-0.39, 0.29) is 5.92 Å². The van der Waals surface area contributed by atoms with E-state index in [9.17, 15) is 4.79 Å². The summed E-state index contributed by atoms with van der Waals surface area (Å²) in [7, 11) is 0. The summed E-state index contributed by atoms with van der Waals surface area (Å²) in [5.41, 5.74) is 1.40. The Hall–Kier alpha value is -1.35. The van der Waals surface area contributed by atoms with Gasteiger partial charge in [0.2, 0.25) is 5.91 Å². The van der Waals surface area contributed by atoms with Crippen LogP contribution in [0.5, 0.6) is 0 Å². The van der Waals surface area contributed by atoms with E-state index < -0.39 is 0 Å². The van der Waals surface area contributed by atoms with Gasteiger partial charge in [-0.05, 0) is 43.1 Å². The molecule has 1 aromatic carbocycles. The van der Waals surface area contributed by atoms with Gasteiger partial charge < -0.3 is 5.32 Å². The van der Waals surface area contributed by atoms with Crippen LogP contribution in [0.3, 0.4) is 0 Å². The number of rotatable bonds is 8. The highest BCUT2D eigenvalue weighted by molar-refractivity contribution is 5.79. The minimum Gasteiger partial charge on any atom is -0.353 e. The first-order valence-corrected chi connectivity index (χ1v) is 10.3. The minimum atomic E-state index is 0.218. The summed E-state index contributed by atoms with van der Waals surface area (Å²) in [5, 5.41) is 3.44. The average Bonchev–Trinajstić information content (AvgIpc) is 3.17. The van der Waals surface area contributed by atoms with Crippen LogP contribution in [0.4, 0.5) is 0 Å². The third kappa shape index (κ3) is 4.63. The molecular formula is C22H34N2O. The molecule has 1 N–H and O–H groups in total. The number of hydrogen-bond acceptors (Lipinski definition) is 2. The van der Waals surface area contributed by atoms with Crippen molar-refractivity contribution in [2.75, 3.05) is 13.1 Å². The fourth-order valence-corrected chi connectivity index (χ4v) is 4.91. The maximum atomic E-state index is 12.7. The molecule has 2 fully saturated rings. The van der Waals surface area contributed by atoms with Crippen LogP contribution in [-0.2, 0) is 11.3 Å². The average molecular weight is 343 g/mol. The van der Waals surface area contributed by atoms with Gasteiger partial charge >= 0.3 is 0 Å². The Morgan fingerprint density at radius 2 is 1.84 bits per heavy atom. The lowest BCUT2D eigenvalue weighted by molar-refractivity contribution is -0.126. The van der Waals surface area contributed by atoms with E-state index in [1.165, 1.54) is 24.9 Å². The molecule has 0 bridgehead atoms. The van der Waals surface area contributed by atoms with Crippen molar-refractivity contribution < 1.29 is 4.79 Å². The normalized spacial score (nSPS) is 26.1. The van der Waals surface area contributed by atoms with Crippen molar-refractivity contribution in [3.8, 4) is 0 Å². The third-order valence-corrected chi connectivity index (χ3v) is 6.15. The number of fused-ring (bicyclic) bond motifs is 1. The predicted molar refractivity (Wildman–Crippen MR) is 103 cm³/mol. The number of amides is 1. The summed E-state index contributed by atoms with van der Waals surface area (Å²) in [4.78, 5) is 15.3. The Morgan fingerprint density at radius 1 is 1.12 bits per heavy atom. The van der Waals surface area contributed by atoms with Gasteiger partial charge in [0.15, 0.2) is 0 Å². The van der Waals surface area contributed by atoms with Crippen LogP contribution in [0.15, 0.2) is 30.3 Å². The Labute approximate surface area is 153 Å². The summed E-state index contributed by atoms with van der Waals surface area (Å²) < 4.78 is 0. The zero-order chi connectivity index (χ0) is 17.6. The summed E-state index contributed by atoms with van der Waals surface area (Å²) >= 11 is 0. The first kappa shape index (κ1) is 18.4. The Morgan fingerprint density at radius 3 is 2.52 bits per heavy atom. The first-order chi connectivity index (χ1) is 12.2. The number of benzene rings is 1. The molecule has 1 saturated carbocycles. The largest absolute Gasteiger partial charge is 0.353 e. The second-order valence-electron chi connectivity index (χ2n) is 8.07. The zero-order valence-corrected chi connectivity index (χ0v) is 15.9. The smallest absolute Gasteiger partial charge is 0.223 e. The Balaban J connectivity index is 1.54. The molecular weight excluding hydrogens is 308 g/mol. The molecule has 0 unspecified atom stereocenters. The zero-order valence-electron chi connectivity index (χ0n) is 15.9. The van der Waals surface area contributed by atoms with E-state index in [0.29, 0.717) is 17.9 Å². The fourth-order valence-electron chi connectivity index (χ4n) is 4.91.